The fourth-order valence-electron chi connectivity index (χ4n) is 1.68. The van der Waals surface area contributed by atoms with Gasteiger partial charge in [0.2, 0.25) is 0 Å². The molecule has 0 radical (unpaired) electrons. The second-order valence-corrected chi connectivity index (χ2v) is 4.85. The van der Waals surface area contributed by atoms with Gasteiger partial charge in [-0.25, -0.2) is 0 Å². The number of aromatic nitrogens is 1. The molecule has 0 bridgehead atoms. The van der Waals surface area contributed by atoms with Crippen molar-refractivity contribution in [3.63, 3.8) is 0 Å². The number of Topliss-reactive ketones (excluding diaryl/α,β-unsaturated/α-hetero) is 1. The lowest BCUT2D eigenvalue weighted by Gasteiger charge is -2.16. The number of nitrogens with zero attached hydrogens (tertiary/aromatic N) is 1. The van der Waals surface area contributed by atoms with Gasteiger partial charge in [-0.05, 0) is 25.3 Å². The molecule has 0 amide bonds. The number of hydrogen-bond donors (Lipinski definition) is 1. The zero-order valence-corrected chi connectivity index (χ0v) is 11.2. The molecular formula is C14H21NO2. The normalized spacial score (nSPS) is 12.8. The summed E-state index contributed by atoms with van der Waals surface area (Å²) in [5.74, 6) is 0.343. The molecule has 0 aliphatic heterocycles. The fraction of sp³-hybridized carbons (Fsp3) is 0.571. The van der Waals surface area contributed by atoms with Gasteiger partial charge in [0.15, 0.2) is 5.78 Å². The molecule has 1 atom stereocenters. The van der Waals surface area contributed by atoms with Crippen LogP contribution in [0.15, 0.2) is 6.07 Å². The summed E-state index contributed by atoms with van der Waals surface area (Å²) in [7, 11) is 0. The Balaban J connectivity index is 3.43. The molecule has 1 aromatic heterocycles. The minimum atomic E-state index is -0.114. The summed E-state index contributed by atoms with van der Waals surface area (Å²) in [6, 6.07) is 1.70. The molecule has 94 valence electrons. The molecule has 0 saturated heterocycles. The number of rotatable bonds is 4. The van der Waals surface area contributed by atoms with E-state index in [1.54, 1.807) is 6.07 Å². The van der Waals surface area contributed by atoms with Crippen LogP contribution in [0.3, 0.4) is 0 Å². The predicted octanol–water partition coefficient (Wildman–Crippen LogP) is 3.63. The number of ketones is 1. The highest BCUT2D eigenvalue weighted by atomic mass is 16.3. The van der Waals surface area contributed by atoms with Crippen LogP contribution in [0.5, 0.6) is 5.75 Å². The van der Waals surface area contributed by atoms with E-state index in [4.69, 9.17) is 0 Å². The molecule has 0 aliphatic rings. The average Bonchev–Trinajstić information content (AvgIpc) is 2.27. The molecule has 1 N–H and O–H groups in total. The van der Waals surface area contributed by atoms with Crippen LogP contribution in [-0.2, 0) is 0 Å². The Morgan fingerprint density at radius 1 is 1.41 bits per heavy atom. The third-order valence-corrected chi connectivity index (χ3v) is 3.09. The molecule has 0 saturated carbocycles. The topological polar surface area (TPSA) is 50.2 Å². The van der Waals surface area contributed by atoms with Crippen LogP contribution in [0.25, 0.3) is 0 Å². The number of carbonyl (C=O) groups is 1. The molecule has 0 fully saturated rings. The van der Waals surface area contributed by atoms with Crippen molar-refractivity contribution >= 4 is 5.78 Å². The van der Waals surface area contributed by atoms with E-state index in [9.17, 15) is 9.90 Å². The smallest absolute Gasteiger partial charge is 0.163 e. The molecule has 3 heteroatoms. The zero-order valence-electron chi connectivity index (χ0n) is 11.2. The van der Waals surface area contributed by atoms with Crippen molar-refractivity contribution in [2.75, 3.05) is 0 Å². The first kappa shape index (κ1) is 13.7. The van der Waals surface area contributed by atoms with E-state index in [1.807, 2.05) is 27.7 Å². The summed E-state index contributed by atoms with van der Waals surface area (Å²) in [6.45, 7) is 9.59. The van der Waals surface area contributed by atoms with Crippen molar-refractivity contribution in [2.45, 2.75) is 52.9 Å². The van der Waals surface area contributed by atoms with Crippen LogP contribution in [0.4, 0.5) is 0 Å². The highest BCUT2D eigenvalue weighted by Crippen LogP contribution is 2.31. The summed E-state index contributed by atoms with van der Waals surface area (Å²) in [5.41, 5.74) is 1.89. The first-order chi connectivity index (χ1) is 7.88. The Bertz CT molecular complexity index is 424. The van der Waals surface area contributed by atoms with Gasteiger partial charge in [-0.15, -0.1) is 0 Å². The average molecular weight is 235 g/mol. The van der Waals surface area contributed by atoms with Crippen molar-refractivity contribution in [3.05, 3.63) is 23.0 Å². The summed E-state index contributed by atoms with van der Waals surface area (Å²) in [4.78, 5) is 16.0. The van der Waals surface area contributed by atoms with E-state index in [0.29, 0.717) is 11.3 Å². The number of hydrogen-bond acceptors (Lipinski definition) is 3. The molecular weight excluding hydrogens is 214 g/mol. The van der Waals surface area contributed by atoms with E-state index in [2.05, 4.69) is 4.98 Å². The van der Waals surface area contributed by atoms with E-state index >= 15 is 0 Å². The van der Waals surface area contributed by atoms with Gasteiger partial charge in [0.05, 0.1) is 11.3 Å². The fourth-order valence-corrected chi connectivity index (χ4v) is 1.68. The highest BCUT2D eigenvalue weighted by Gasteiger charge is 2.19. The Morgan fingerprint density at radius 3 is 2.41 bits per heavy atom. The molecule has 1 rings (SSSR count). The van der Waals surface area contributed by atoms with Crippen LogP contribution < -0.4 is 0 Å². The van der Waals surface area contributed by atoms with E-state index in [1.165, 1.54) is 6.92 Å². The van der Waals surface area contributed by atoms with Crippen LogP contribution in [0.2, 0.25) is 0 Å². The van der Waals surface area contributed by atoms with Gasteiger partial charge in [0.25, 0.3) is 0 Å². The quantitative estimate of drug-likeness (QED) is 0.811. The van der Waals surface area contributed by atoms with Crippen molar-refractivity contribution in [1.29, 1.82) is 0 Å². The van der Waals surface area contributed by atoms with Crippen molar-refractivity contribution in [1.82, 2.24) is 4.98 Å². The van der Waals surface area contributed by atoms with E-state index in [0.717, 1.165) is 12.1 Å². The molecule has 1 heterocycles. The van der Waals surface area contributed by atoms with Crippen molar-refractivity contribution in [2.24, 2.45) is 0 Å². The minimum absolute atomic E-state index is 0.0521. The number of aromatic hydroxyl groups is 1. The third-order valence-electron chi connectivity index (χ3n) is 3.09. The second-order valence-electron chi connectivity index (χ2n) is 4.85. The number of pyridine rings is 1. The maximum atomic E-state index is 11.5. The molecule has 0 spiro atoms. The largest absolute Gasteiger partial charge is 0.505 e. The summed E-state index contributed by atoms with van der Waals surface area (Å²) >= 11 is 0. The van der Waals surface area contributed by atoms with Gasteiger partial charge < -0.3 is 5.11 Å². The molecule has 1 aromatic rings. The van der Waals surface area contributed by atoms with Crippen molar-refractivity contribution < 1.29 is 9.90 Å². The maximum Gasteiger partial charge on any atom is 0.163 e. The molecule has 0 aromatic carbocycles. The van der Waals surface area contributed by atoms with Crippen molar-refractivity contribution in [3.8, 4) is 5.75 Å². The lowest BCUT2D eigenvalue weighted by atomic mass is 9.97. The lowest BCUT2D eigenvalue weighted by molar-refractivity contribution is 0.101. The predicted molar refractivity (Wildman–Crippen MR) is 68.7 cm³/mol. The third kappa shape index (κ3) is 2.84. The van der Waals surface area contributed by atoms with Crippen LogP contribution in [-0.4, -0.2) is 15.9 Å². The van der Waals surface area contributed by atoms with Gasteiger partial charge in [0, 0.05) is 11.6 Å². The Kier molecular flexibility index (Phi) is 4.27. The Labute approximate surface area is 103 Å². The van der Waals surface area contributed by atoms with E-state index in [-0.39, 0.29) is 23.4 Å². The van der Waals surface area contributed by atoms with Gasteiger partial charge in [-0.2, -0.15) is 0 Å². The van der Waals surface area contributed by atoms with Gasteiger partial charge in [-0.1, -0.05) is 27.7 Å². The van der Waals surface area contributed by atoms with Gasteiger partial charge in [0.1, 0.15) is 5.75 Å². The number of carbonyl (C=O) groups excluding carboxylic acids is 1. The summed E-state index contributed by atoms with van der Waals surface area (Å²) in [6.07, 6.45) is 0.888. The summed E-state index contributed by atoms with van der Waals surface area (Å²) < 4.78 is 0. The van der Waals surface area contributed by atoms with Crippen LogP contribution >= 0.6 is 0 Å². The monoisotopic (exact) mass is 235 g/mol. The second kappa shape index (κ2) is 5.30. The lowest BCUT2D eigenvalue weighted by Crippen LogP contribution is -2.06. The van der Waals surface area contributed by atoms with E-state index < -0.39 is 0 Å². The van der Waals surface area contributed by atoms with Crippen LogP contribution in [0.1, 0.15) is 74.6 Å². The van der Waals surface area contributed by atoms with Crippen LogP contribution in [0, 0.1) is 0 Å². The Morgan fingerprint density at radius 2 is 2.00 bits per heavy atom. The maximum absolute atomic E-state index is 11.5. The molecule has 3 nitrogen and oxygen atoms in total. The SMILES string of the molecule is CCC(C)c1nc(C(C)C)cc(C(C)=O)c1O. The highest BCUT2D eigenvalue weighted by molar-refractivity contribution is 5.97. The Hall–Kier alpha value is -1.38. The van der Waals surface area contributed by atoms with Gasteiger partial charge >= 0.3 is 0 Å². The molecule has 17 heavy (non-hydrogen) atoms. The first-order valence-electron chi connectivity index (χ1n) is 6.13. The minimum Gasteiger partial charge on any atom is -0.505 e. The first-order valence-corrected chi connectivity index (χ1v) is 6.13. The van der Waals surface area contributed by atoms with Gasteiger partial charge in [-0.3, -0.25) is 9.78 Å². The standard InChI is InChI=1S/C14H21NO2/c1-6-9(4)13-14(17)11(10(5)16)7-12(15-13)8(2)3/h7-9,17H,6H2,1-5H3. The summed E-state index contributed by atoms with van der Waals surface area (Å²) in [5, 5.41) is 10.1. The zero-order chi connectivity index (χ0) is 13.2. The molecule has 0 aliphatic carbocycles. The molecule has 1 unspecified atom stereocenters.